The zero-order chi connectivity index (χ0) is 15.8. The number of ether oxygens (including phenoxy) is 1. The van der Waals surface area contributed by atoms with E-state index in [1.165, 1.54) is 0 Å². The molecule has 0 aliphatic carbocycles. The molecule has 0 aromatic carbocycles. The molecule has 1 amide bonds. The molecule has 0 N–H and O–H groups in total. The van der Waals surface area contributed by atoms with Crippen LogP contribution in [0.25, 0.3) is 0 Å². The van der Waals surface area contributed by atoms with Gasteiger partial charge in [0.15, 0.2) is 0 Å². The predicted molar refractivity (Wildman–Crippen MR) is 82.0 cm³/mol. The van der Waals surface area contributed by atoms with E-state index in [2.05, 4.69) is 20.0 Å². The highest BCUT2D eigenvalue weighted by molar-refractivity contribution is 5.92. The van der Waals surface area contributed by atoms with Gasteiger partial charge >= 0.3 is 0 Å². The van der Waals surface area contributed by atoms with Crippen LogP contribution in [-0.4, -0.2) is 68.9 Å². The molecule has 120 valence electrons. The maximum Gasteiger partial charge on any atom is 0.274 e. The number of anilines is 1. The van der Waals surface area contributed by atoms with Crippen LogP contribution in [0.5, 0.6) is 0 Å². The molecule has 2 atom stereocenters. The van der Waals surface area contributed by atoms with Gasteiger partial charge in [0.05, 0.1) is 18.8 Å². The fourth-order valence-electron chi connectivity index (χ4n) is 3.23. The molecule has 4 heterocycles. The highest BCUT2D eigenvalue weighted by Crippen LogP contribution is 2.26. The minimum Gasteiger partial charge on any atom is -0.372 e. The number of likely N-dealkylation sites (tertiary alicyclic amines) is 1. The van der Waals surface area contributed by atoms with E-state index in [0.29, 0.717) is 31.3 Å². The Morgan fingerprint density at radius 2 is 2.13 bits per heavy atom. The first-order chi connectivity index (χ1) is 11.2. The van der Waals surface area contributed by atoms with Gasteiger partial charge in [-0.25, -0.2) is 9.97 Å². The predicted octanol–water partition coefficient (Wildman–Crippen LogP) is -0.0601. The number of aryl methyl sites for hydroxylation is 1. The summed E-state index contributed by atoms with van der Waals surface area (Å²) in [6.45, 7) is 2.52. The van der Waals surface area contributed by atoms with E-state index in [9.17, 15) is 4.79 Å². The number of hydrogen-bond acceptors (Lipinski definition) is 6. The van der Waals surface area contributed by atoms with Gasteiger partial charge in [-0.3, -0.25) is 9.48 Å². The average molecular weight is 314 g/mol. The van der Waals surface area contributed by atoms with E-state index in [1.807, 2.05) is 0 Å². The molecule has 0 spiro atoms. The Kier molecular flexibility index (Phi) is 3.45. The third-order valence-electron chi connectivity index (χ3n) is 4.33. The minimum atomic E-state index is -0.0578. The fraction of sp³-hybridized carbons (Fsp3) is 0.467. The molecule has 0 saturated carbocycles. The topological polar surface area (TPSA) is 76.4 Å². The molecule has 2 aliphatic rings. The maximum absolute atomic E-state index is 12.6. The van der Waals surface area contributed by atoms with Crippen molar-refractivity contribution >= 4 is 11.9 Å². The number of hydrogen-bond donors (Lipinski definition) is 0. The number of aromatic nitrogens is 4. The monoisotopic (exact) mass is 314 g/mol. The third-order valence-corrected chi connectivity index (χ3v) is 4.33. The molecule has 2 aromatic rings. The third kappa shape index (κ3) is 2.55. The van der Waals surface area contributed by atoms with Gasteiger partial charge in [0.2, 0.25) is 5.95 Å². The molecule has 0 unspecified atom stereocenters. The molecule has 4 rings (SSSR count). The smallest absolute Gasteiger partial charge is 0.274 e. The largest absolute Gasteiger partial charge is 0.372 e. The Balaban J connectivity index is 1.54. The Hall–Kier alpha value is -2.48. The van der Waals surface area contributed by atoms with Crippen molar-refractivity contribution < 1.29 is 9.53 Å². The summed E-state index contributed by atoms with van der Waals surface area (Å²) in [5.74, 6) is 0.635. The number of amides is 1. The van der Waals surface area contributed by atoms with Crippen LogP contribution >= 0.6 is 0 Å². The van der Waals surface area contributed by atoms with E-state index < -0.39 is 0 Å². The van der Waals surface area contributed by atoms with E-state index in [0.717, 1.165) is 6.54 Å². The number of fused-ring (bicyclic) bond motifs is 1. The van der Waals surface area contributed by atoms with E-state index in [1.54, 1.807) is 47.4 Å². The number of rotatable bonds is 2. The Labute approximate surface area is 133 Å². The summed E-state index contributed by atoms with van der Waals surface area (Å²) in [7, 11) is 1.80. The standard InChI is InChI=1S/C15H18N6O2/c1-19-6-3-11(18-19)14(22)20-9-12-13(10-20)23-8-7-21(12)15-16-4-2-5-17-15/h2-6,12-13H,7-10H2,1H3/t12-,13+/m1/s1. The van der Waals surface area contributed by atoms with Gasteiger partial charge in [-0.2, -0.15) is 5.10 Å². The molecule has 2 fully saturated rings. The quantitative estimate of drug-likeness (QED) is 0.773. The van der Waals surface area contributed by atoms with E-state index in [-0.39, 0.29) is 18.1 Å². The Bertz CT molecular complexity index is 703. The molecule has 2 aliphatic heterocycles. The van der Waals surface area contributed by atoms with Crippen LogP contribution < -0.4 is 4.90 Å². The maximum atomic E-state index is 12.6. The second-order valence-corrected chi connectivity index (χ2v) is 5.80. The second-order valence-electron chi connectivity index (χ2n) is 5.80. The van der Waals surface area contributed by atoms with Crippen LogP contribution in [-0.2, 0) is 11.8 Å². The summed E-state index contributed by atoms with van der Waals surface area (Å²) in [5, 5.41) is 4.20. The van der Waals surface area contributed by atoms with Crippen molar-refractivity contribution in [2.24, 2.45) is 7.05 Å². The number of morpholine rings is 1. The number of carbonyl (C=O) groups excluding carboxylic acids is 1. The second kappa shape index (κ2) is 5.62. The van der Waals surface area contributed by atoms with Crippen LogP contribution in [0.15, 0.2) is 30.7 Å². The van der Waals surface area contributed by atoms with E-state index >= 15 is 0 Å². The number of nitrogens with zero attached hydrogens (tertiary/aromatic N) is 6. The van der Waals surface area contributed by atoms with Crippen molar-refractivity contribution in [1.82, 2.24) is 24.6 Å². The van der Waals surface area contributed by atoms with Gasteiger partial charge in [0.1, 0.15) is 5.69 Å². The van der Waals surface area contributed by atoms with Crippen molar-refractivity contribution in [3.63, 3.8) is 0 Å². The lowest BCUT2D eigenvalue weighted by molar-refractivity contribution is 0.0296. The minimum absolute atomic E-state index is 0.0137. The summed E-state index contributed by atoms with van der Waals surface area (Å²) in [6, 6.07) is 3.62. The first-order valence-corrected chi connectivity index (χ1v) is 7.66. The number of carbonyl (C=O) groups is 1. The summed E-state index contributed by atoms with van der Waals surface area (Å²) in [4.78, 5) is 25.2. The lowest BCUT2D eigenvalue weighted by Gasteiger charge is -2.36. The molecular weight excluding hydrogens is 296 g/mol. The summed E-state index contributed by atoms with van der Waals surface area (Å²) >= 11 is 0. The molecule has 2 aromatic heterocycles. The van der Waals surface area contributed by atoms with Gasteiger partial charge < -0.3 is 14.5 Å². The molecular formula is C15H18N6O2. The highest BCUT2D eigenvalue weighted by Gasteiger charge is 2.43. The first-order valence-electron chi connectivity index (χ1n) is 7.66. The van der Waals surface area contributed by atoms with Gasteiger partial charge in [0, 0.05) is 45.3 Å². The van der Waals surface area contributed by atoms with Gasteiger partial charge in [-0.15, -0.1) is 0 Å². The molecule has 8 nitrogen and oxygen atoms in total. The molecule has 0 bridgehead atoms. The van der Waals surface area contributed by atoms with Crippen LogP contribution in [0.3, 0.4) is 0 Å². The van der Waals surface area contributed by atoms with Crippen molar-refractivity contribution in [2.75, 3.05) is 31.1 Å². The van der Waals surface area contributed by atoms with Gasteiger partial charge in [0.25, 0.3) is 5.91 Å². The highest BCUT2D eigenvalue weighted by atomic mass is 16.5. The molecule has 0 radical (unpaired) electrons. The van der Waals surface area contributed by atoms with Crippen molar-refractivity contribution in [3.05, 3.63) is 36.4 Å². The lowest BCUT2D eigenvalue weighted by Crippen LogP contribution is -2.51. The first kappa shape index (κ1) is 14.1. The SMILES string of the molecule is Cn1ccc(C(=O)N2C[C@@H]3OCCN(c4ncccn4)[C@@H]3C2)n1. The van der Waals surface area contributed by atoms with Gasteiger partial charge in [-0.05, 0) is 12.1 Å². The van der Waals surface area contributed by atoms with Crippen molar-refractivity contribution in [1.29, 1.82) is 0 Å². The Morgan fingerprint density at radius 1 is 1.30 bits per heavy atom. The summed E-state index contributed by atoms with van der Waals surface area (Å²) < 4.78 is 7.49. The molecule has 8 heteroatoms. The summed E-state index contributed by atoms with van der Waals surface area (Å²) in [5.41, 5.74) is 0.466. The van der Waals surface area contributed by atoms with E-state index in [4.69, 9.17) is 4.74 Å². The van der Waals surface area contributed by atoms with Crippen LogP contribution in [0.2, 0.25) is 0 Å². The molecule has 23 heavy (non-hydrogen) atoms. The average Bonchev–Trinajstić information content (AvgIpc) is 3.20. The molecule has 2 saturated heterocycles. The zero-order valence-electron chi connectivity index (χ0n) is 12.9. The zero-order valence-corrected chi connectivity index (χ0v) is 12.9. The Morgan fingerprint density at radius 3 is 2.87 bits per heavy atom. The normalized spacial score (nSPS) is 23.9. The van der Waals surface area contributed by atoms with Crippen molar-refractivity contribution in [2.45, 2.75) is 12.1 Å². The van der Waals surface area contributed by atoms with Crippen LogP contribution in [0.1, 0.15) is 10.5 Å². The lowest BCUT2D eigenvalue weighted by atomic mass is 10.1. The van der Waals surface area contributed by atoms with Crippen LogP contribution in [0, 0.1) is 0 Å². The van der Waals surface area contributed by atoms with Gasteiger partial charge in [-0.1, -0.05) is 0 Å². The van der Waals surface area contributed by atoms with Crippen molar-refractivity contribution in [3.8, 4) is 0 Å². The fourth-order valence-corrected chi connectivity index (χ4v) is 3.23. The van der Waals surface area contributed by atoms with Crippen LogP contribution in [0.4, 0.5) is 5.95 Å². The summed E-state index contributed by atoms with van der Waals surface area (Å²) in [6.07, 6.45) is 5.23.